The van der Waals surface area contributed by atoms with Crippen LogP contribution in [0, 0.1) is 0 Å². The number of aliphatic imine (C=N–C) groups is 1. The van der Waals surface area contributed by atoms with Gasteiger partial charge in [-0.05, 0) is 34.2 Å². The Labute approximate surface area is 101 Å². The number of likely N-dealkylation sites (N-methyl/N-ethyl adjacent to an activating group) is 1. The van der Waals surface area contributed by atoms with Crippen molar-refractivity contribution in [3.63, 3.8) is 0 Å². The van der Waals surface area contributed by atoms with Crippen molar-refractivity contribution in [3.8, 4) is 0 Å². The van der Waals surface area contributed by atoms with E-state index in [4.69, 9.17) is 0 Å². The molecule has 16 heavy (non-hydrogen) atoms. The zero-order valence-electron chi connectivity index (χ0n) is 11.7. The molecule has 0 rings (SSSR count). The van der Waals surface area contributed by atoms with Gasteiger partial charge in [-0.25, -0.2) is 0 Å². The normalized spacial score (nSPS) is 12.7. The van der Waals surface area contributed by atoms with E-state index in [1.807, 2.05) is 0 Å². The lowest BCUT2D eigenvalue weighted by molar-refractivity contribution is 0.237. The third kappa shape index (κ3) is 6.67. The van der Waals surface area contributed by atoms with Gasteiger partial charge in [0.2, 0.25) is 0 Å². The molecule has 0 aliphatic carbocycles. The molecule has 0 amide bonds. The Bertz CT molecular complexity index is 199. The summed E-state index contributed by atoms with van der Waals surface area (Å²) in [6.45, 7) is 13.9. The number of hydrogen-bond donors (Lipinski definition) is 2. The van der Waals surface area contributed by atoms with E-state index in [1.54, 1.807) is 7.05 Å². The summed E-state index contributed by atoms with van der Waals surface area (Å²) in [5.74, 6) is 0.884. The van der Waals surface area contributed by atoms with E-state index in [0.717, 1.165) is 25.6 Å². The fourth-order valence-electron chi connectivity index (χ4n) is 1.57. The minimum absolute atomic E-state index is 0.415. The zero-order valence-corrected chi connectivity index (χ0v) is 11.7. The van der Waals surface area contributed by atoms with Crippen molar-refractivity contribution in [2.24, 2.45) is 4.99 Å². The van der Waals surface area contributed by atoms with Gasteiger partial charge in [0.25, 0.3) is 0 Å². The van der Waals surface area contributed by atoms with E-state index in [2.05, 4.69) is 55.1 Å². The van der Waals surface area contributed by atoms with Gasteiger partial charge < -0.3 is 10.6 Å². The fourth-order valence-corrected chi connectivity index (χ4v) is 1.57. The van der Waals surface area contributed by atoms with Gasteiger partial charge in [0, 0.05) is 32.2 Å². The molecule has 0 bridgehead atoms. The fraction of sp³-hybridized carbons (Fsp3) is 0.917. The minimum Gasteiger partial charge on any atom is -0.355 e. The van der Waals surface area contributed by atoms with Crippen molar-refractivity contribution in [3.05, 3.63) is 0 Å². The maximum Gasteiger partial charge on any atom is 0.191 e. The van der Waals surface area contributed by atoms with E-state index in [0.29, 0.717) is 12.1 Å². The molecule has 0 aliphatic heterocycles. The zero-order chi connectivity index (χ0) is 12.6. The molecule has 2 N–H and O–H groups in total. The van der Waals surface area contributed by atoms with Crippen LogP contribution >= 0.6 is 0 Å². The molecule has 0 aromatic carbocycles. The average molecular weight is 228 g/mol. The van der Waals surface area contributed by atoms with Crippen molar-refractivity contribution in [2.75, 3.05) is 26.7 Å². The molecule has 0 fully saturated rings. The molecule has 0 radical (unpaired) electrons. The van der Waals surface area contributed by atoms with Gasteiger partial charge in [0.05, 0.1) is 0 Å². The predicted molar refractivity (Wildman–Crippen MR) is 72.0 cm³/mol. The van der Waals surface area contributed by atoms with Gasteiger partial charge in [-0.3, -0.25) is 9.89 Å². The highest BCUT2D eigenvalue weighted by atomic mass is 15.2. The highest BCUT2D eigenvalue weighted by Gasteiger charge is 2.06. The number of guanidine groups is 1. The maximum atomic E-state index is 4.17. The SMILES string of the molecule is CCN(CCNC(=NC)NC(C)C)C(C)C. The second kappa shape index (κ2) is 8.39. The Morgan fingerprint density at radius 3 is 2.25 bits per heavy atom. The summed E-state index contributed by atoms with van der Waals surface area (Å²) in [5, 5.41) is 6.59. The van der Waals surface area contributed by atoms with Crippen LogP contribution in [-0.2, 0) is 0 Å². The highest BCUT2D eigenvalue weighted by molar-refractivity contribution is 5.79. The summed E-state index contributed by atoms with van der Waals surface area (Å²) in [6.07, 6.45) is 0. The van der Waals surface area contributed by atoms with Crippen molar-refractivity contribution in [2.45, 2.75) is 46.7 Å². The third-order valence-electron chi connectivity index (χ3n) is 2.48. The summed E-state index contributed by atoms with van der Waals surface area (Å²) < 4.78 is 0. The average Bonchev–Trinajstić information content (AvgIpc) is 2.21. The van der Waals surface area contributed by atoms with E-state index >= 15 is 0 Å². The van der Waals surface area contributed by atoms with E-state index in [9.17, 15) is 0 Å². The molecule has 0 aromatic rings. The quantitative estimate of drug-likeness (QED) is 0.531. The van der Waals surface area contributed by atoms with Crippen molar-refractivity contribution in [1.82, 2.24) is 15.5 Å². The number of hydrogen-bond acceptors (Lipinski definition) is 2. The largest absolute Gasteiger partial charge is 0.355 e. The Morgan fingerprint density at radius 2 is 1.88 bits per heavy atom. The Hall–Kier alpha value is -0.770. The monoisotopic (exact) mass is 228 g/mol. The van der Waals surface area contributed by atoms with Crippen molar-refractivity contribution in [1.29, 1.82) is 0 Å². The Balaban J connectivity index is 3.86. The molecule has 0 saturated carbocycles. The molecular formula is C12H28N4. The van der Waals surface area contributed by atoms with Crippen LogP contribution in [0.5, 0.6) is 0 Å². The molecule has 0 saturated heterocycles. The summed E-state index contributed by atoms with van der Waals surface area (Å²) in [6, 6.07) is 1.02. The number of nitrogens with one attached hydrogen (secondary N) is 2. The molecular weight excluding hydrogens is 200 g/mol. The summed E-state index contributed by atoms with van der Waals surface area (Å²) >= 11 is 0. The summed E-state index contributed by atoms with van der Waals surface area (Å²) in [5.41, 5.74) is 0. The maximum absolute atomic E-state index is 4.17. The first-order chi connectivity index (χ1) is 7.51. The lowest BCUT2D eigenvalue weighted by Gasteiger charge is -2.25. The van der Waals surface area contributed by atoms with Gasteiger partial charge in [0.15, 0.2) is 5.96 Å². The molecule has 0 aliphatic rings. The third-order valence-corrected chi connectivity index (χ3v) is 2.48. The molecule has 4 nitrogen and oxygen atoms in total. The number of nitrogens with zero attached hydrogens (tertiary/aromatic N) is 2. The van der Waals surface area contributed by atoms with Crippen LogP contribution in [0.2, 0.25) is 0 Å². The summed E-state index contributed by atoms with van der Waals surface area (Å²) in [4.78, 5) is 6.60. The van der Waals surface area contributed by atoms with E-state index in [-0.39, 0.29) is 0 Å². The molecule has 0 spiro atoms. The predicted octanol–water partition coefficient (Wildman–Crippen LogP) is 1.29. The highest BCUT2D eigenvalue weighted by Crippen LogP contribution is 1.95. The lowest BCUT2D eigenvalue weighted by Crippen LogP contribution is -2.45. The Morgan fingerprint density at radius 1 is 1.25 bits per heavy atom. The minimum atomic E-state index is 0.415. The van der Waals surface area contributed by atoms with Crippen LogP contribution in [0.15, 0.2) is 4.99 Å². The molecule has 0 aromatic heterocycles. The molecule has 0 atom stereocenters. The second-order valence-corrected chi connectivity index (χ2v) is 4.52. The smallest absolute Gasteiger partial charge is 0.191 e. The van der Waals surface area contributed by atoms with Gasteiger partial charge in [0.1, 0.15) is 0 Å². The molecule has 0 unspecified atom stereocenters. The Kier molecular flexibility index (Phi) is 7.99. The molecule has 4 heteroatoms. The van der Waals surface area contributed by atoms with Gasteiger partial charge in [-0.2, -0.15) is 0 Å². The summed E-state index contributed by atoms with van der Waals surface area (Å²) in [7, 11) is 1.80. The molecule has 0 heterocycles. The van der Waals surface area contributed by atoms with Gasteiger partial charge >= 0.3 is 0 Å². The van der Waals surface area contributed by atoms with Crippen LogP contribution in [0.4, 0.5) is 0 Å². The lowest BCUT2D eigenvalue weighted by atomic mass is 10.3. The topological polar surface area (TPSA) is 39.7 Å². The van der Waals surface area contributed by atoms with Crippen LogP contribution in [0.1, 0.15) is 34.6 Å². The number of rotatable bonds is 6. The van der Waals surface area contributed by atoms with Crippen LogP contribution in [0.3, 0.4) is 0 Å². The standard InChI is InChI=1S/C12H28N4/c1-7-16(11(4)5)9-8-14-12(13-6)15-10(2)3/h10-11H,7-9H2,1-6H3,(H2,13,14,15). The van der Waals surface area contributed by atoms with Crippen LogP contribution in [0.25, 0.3) is 0 Å². The first-order valence-electron chi connectivity index (χ1n) is 6.22. The van der Waals surface area contributed by atoms with E-state index < -0.39 is 0 Å². The first-order valence-corrected chi connectivity index (χ1v) is 6.22. The van der Waals surface area contributed by atoms with Crippen LogP contribution in [-0.4, -0.2) is 49.6 Å². The first kappa shape index (κ1) is 15.2. The molecule has 96 valence electrons. The van der Waals surface area contributed by atoms with Crippen LogP contribution < -0.4 is 10.6 Å². The van der Waals surface area contributed by atoms with Crippen molar-refractivity contribution >= 4 is 5.96 Å². The van der Waals surface area contributed by atoms with E-state index in [1.165, 1.54) is 0 Å². The van der Waals surface area contributed by atoms with Crippen molar-refractivity contribution < 1.29 is 0 Å². The van der Waals surface area contributed by atoms with Gasteiger partial charge in [-0.15, -0.1) is 0 Å². The van der Waals surface area contributed by atoms with Gasteiger partial charge in [-0.1, -0.05) is 6.92 Å². The second-order valence-electron chi connectivity index (χ2n) is 4.52.